The van der Waals surface area contributed by atoms with E-state index in [1.807, 2.05) is 0 Å². The highest BCUT2D eigenvalue weighted by atomic mass is 16.5. The van der Waals surface area contributed by atoms with E-state index in [0.29, 0.717) is 6.04 Å². The van der Waals surface area contributed by atoms with Crippen molar-refractivity contribution < 1.29 is 4.74 Å². The van der Waals surface area contributed by atoms with Crippen LogP contribution in [0.25, 0.3) is 0 Å². The Morgan fingerprint density at radius 2 is 2.26 bits per heavy atom. The van der Waals surface area contributed by atoms with Crippen LogP contribution in [0.3, 0.4) is 0 Å². The summed E-state index contributed by atoms with van der Waals surface area (Å²) in [7, 11) is 0. The maximum Gasteiger partial charge on any atom is 0.0997 e. The van der Waals surface area contributed by atoms with Crippen LogP contribution in [0.5, 0.6) is 0 Å². The second-order valence-electron chi connectivity index (χ2n) is 5.74. The molecule has 3 rings (SSSR count). The van der Waals surface area contributed by atoms with Gasteiger partial charge in [-0.3, -0.25) is 0 Å². The summed E-state index contributed by atoms with van der Waals surface area (Å²) in [6, 6.07) is 0.461. The minimum absolute atomic E-state index is 0.0503. The molecule has 1 aromatic rings. The van der Waals surface area contributed by atoms with Gasteiger partial charge in [-0.15, -0.1) is 5.10 Å². The summed E-state index contributed by atoms with van der Waals surface area (Å²) >= 11 is 0. The predicted molar refractivity (Wildman–Crippen MR) is 73.0 cm³/mol. The zero-order chi connectivity index (χ0) is 13.3. The summed E-state index contributed by atoms with van der Waals surface area (Å²) in [4.78, 5) is 0. The third-order valence-corrected chi connectivity index (χ3v) is 4.80. The molecule has 0 amide bonds. The maximum absolute atomic E-state index is 6.06. The van der Waals surface area contributed by atoms with E-state index in [1.165, 1.54) is 5.69 Å². The molecule has 1 unspecified atom stereocenters. The lowest BCUT2D eigenvalue weighted by atomic mass is 9.86. The van der Waals surface area contributed by atoms with Gasteiger partial charge in [-0.05, 0) is 25.7 Å². The van der Waals surface area contributed by atoms with E-state index in [1.54, 1.807) is 0 Å². The third kappa shape index (κ3) is 2.30. The normalized spacial score (nSPS) is 26.1. The molecule has 0 bridgehead atoms. The number of rotatable bonds is 3. The van der Waals surface area contributed by atoms with E-state index in [0.717, 1.165) is 57.5 Å². The van der Waals surface area contributed by atoms with Gasteiger partial charge in [0, 0.05) is 26.1 Å². The van der Waals surface area contributed by atoms with E-state index in [9.17, 15) is 0 Å². The van der Waals surface area contributed by atoms with Crippen LogP contribution in [0.4, 0.5) is 0 Å². The number of fused-ring (bicyclic) bond motifs is 1. The predicted octanol–water partition coefficient (Wildman–Crippen LogP) is 1.83. The van der Waals surface area contributed by atoms with Gasteiger partial charge in [0.1, 0.15) is 0 Å². The van der Waals surface area contributed by atoms with Crippen LogP contribution in [-0.2, 0) is 17.7 Å². The van der Waals surface area contributed by atoms with Crippen LogP contribution < -0.4 is 5.32 Å². The summed E-state index contributed by atoms with van der Waals surface area (Å²) in [5, 5.41) is 12.1. The van der Waals surface area contributed by atoms with Crippen molar-refractivity contribution in [2.24, 2.45) is 0 Å². The molecule has 106 valence electrons. The minimum atomic E-state index is 0.0503. The Morgan fingerprint density at radius 3 is 3.05 bits per heavy atom. The summed E-state index contributed by atoms with van der Waals surface area (Å²) in [5.74, 6) is 0. The summed E-state index contributed by atoms with van der Waals surface area (Å²) in [6.45, 7) is 7.21. The van der Waals surface area contributed by atoms with Gasteiger partial charge in [-0.2, -0.15) is 0 Å². The molecule has 0 spiro atoms. The first-order valence-corrected chi connectivity index (χ1v) is 7.55. The van der Waals surface area contributed by atoms with Crippen LogP contribution in [0.2, 0.25) is 0 Å². The molecule has 1 N–H and O–H groups in total. The van der Waals surface area contributed by atoms with Crippen molar-refractivity contribution in [3.63, 3.8) is 0 Å². The molecule has 0 aromatic carbocycles. The van der Waals surface area contributed by atoms with Crippen molar-refractivity contribution in [3.05, 3.63) is 11.4 Å². The molecule has 2 aliphatic rings. The van der Waals surface area contributed by atoms with Gasteiger partial charge >= 0.3 is 0 Å². The van der Waals surface area contributed by atoms with Crippen molar-refractivity contribution in [2.75, 3.05) is 13.2 Å². The lowest BCUT2D eigenvalue weighted by Gasteiger charge is -2.40. The molecular weight excluding hydrogens is 240 g/mol. The van der Waals surface area contributed by atoms with Gasteiger partial charge in [0.05, 0.1) is 23.0 Å². The number of aromatic nitrogens is 3. The summed E-state index contributed by atoms with van der Waals surface area (Å²) in [5.41, 5.74) is 2.53. The molecule has 1 aromatic heterocycles. The SMILES string of the molecule is CCC1(CC)CC(n2nnc3c2CCNC3)CCO1. The van der Waals surface area contributed by atoms with Gasteiger partial charge in [-0.25, -0.2) is 4.68 Å². The fourth-order valence-corrected chi connectivity index (χ4v) is 3.40. The van der Waals surface area contributed by atoms with Gasteiger partial charge < -0.3 is 10.1 Å². The molecule has 0 radical (unpaired) electrons. The molecule has 1 fully saturated rings. The Kier molecular flexibility index (Phi) is 3.58. The Hall–Kier alpha value is -0.940. The van der Waals surface area contributed by atoms with Gasteiger partial charge in [0.15, 0.2) is 0 Å². The smallest absolute Gasteiger partial charge is 0.0997 e. The Labute approximate surface area is 114 Å². The summed E-state index contributed by atoms with van der Waals surface area (Å²) in [6.07, 6.45) is 5.34. The van der Waals surface area contributed by atoms with Crippen molar-refractivity contribution in [1.82, 2.24) is 20.3 Å². The Morgan fingerprint density at radius 1 is 1.42 bits per heavy atom. The number of hydrogen-bond donors (Lipinski definition) is 1. The first kappa shape index (κ1) is 13.1. The van der Waals surface area contributed by atoms with Crippen LogP contribution in [0, 0.1) is 0 Å². The monoisotopic (exact) mass is 264 g/mol. The Balaban J connectivity index is 1.84. The average Bonchev–Trinajstić information content (AvgIpc) is 2.91. The molecule has 2 aliphatic heterocycles. The first-order chi connectivity index (χ1) is 9.28. The van der Waals surface area contributed by atoms with Crippen molar-refractivity contribution in [2.45, 2.75) is 64.1 Å². The number of nitrogens with one attached hydrogen (secondary N) is 1. The zero-order valence-electron chi connectivity index (χ0n) is 12.0. The first-order valence-electron chi connectivity index (χ1n) is 7.55. The van der Waals surface area contributed by atoms with E-state index in [-0.39, 0.29) is 5.60 Å². The van der Waals surface area contributed by atoms with E-state index in [2.05, 4.69) is 34.2 Å². The molecular formula is C14H24N4O. The minimum Gasteiger partial charge on any atom is -0.375 e. The van der Waals surface area contributed by atoms with E-state index < -0.39 is 0 Å². The molecule has 19 heavy (non-hydrogen) atoms. The standard InChI is InChI=1S/C14H24N4O/c1-3-14(4-2)9-11(6-8-19-14)18-13-5-7-15-10-12(13)16-17-18/h11,15H,3-10H2,1-2H3. The van der Waals surface area contributed by atoms with Crippen LogP contribution in [0.1, 0.15) is 57.0 Å². The highest BCUT2D eigenvalue weighted by Crippen LogP contribution is 2.37. The van der Waals surface area contributed by atoms with Crippen molar-refractivity contribution in [3.8, 4) is 0 Å². The molecule has 0 aliphatic carbocycles. The average molecular weight is 264 g/mol. The molecule has 1 saturated heterocycles. The fraction of sp³-hybridized carbons (Fsp3) is 0.857. The van der Waals surface area contributed by atoms with Crippen molar-refractivity contribution >= 4 is 0 Å². The highest BCUT2D eigenvalue weighted by Gasteiger charge is 2.36. The van der Waals surface area contributed by atoms with E-state index in [4.69, 9.17) is 4.74 Å². The molecule has 5 nitrogen and oxygen atoms in total. The second kappa shape index (κ2) is 5.21. The largest absolute Gasteiger partial charge is 0.375 e. The maximum atomic E-state index is 6.06. The highest BCUT2D eigenvalue weighted by molar-refractivity contribution is 5.14. The number of ether oxygens (including phenoxy) is 1. The van der Waals surface area contributed by atoms with E-state index >= 15 is 0 Å². The van der Waals surface area contributed by atoms with Gasteiger partial charge in [0.25, 0.3) is 0 Å². The molecule has 5 heteroatoms. The van der Waals surface area contributed by atoms with Crippen LogP contribution in [-0.4, -0.2) is 33.7 Å². The third-order valence-electron chi connectivity index (χ3n) is 4.80. The molecule has 0 saturated carbocycles. The quantitative estimate of drug-likeness (QED) is 0.905. The lowest BCUT2D eigenvalue weighted by Crippen LogP contribution is -2.40. The van der Waals surface area contributed by atoms with Crippen LogP contribution >= 0.6 is 0 Å². The molecule has 3 heterocycles. The van der Waals surface area contributed by atoms with Gasteiger partial charge in [0.2, 0.25) is 0 Å². The topological polar surface area (TPSA) is 52.0 Å². The second-order valence-corrected chi connectivity index (χ2v) is 5.74. The fourth-order valence-electron chi connectivity index (χ4n) is 3.40. The number of nitrogens with zero attached hydrogens (tertiary/aromatic N) is 3. The van der Waals surface area contributed by atoms with Crippen molar-refractivity contribution in [1.29, 1.82) is 0 Å². The lowest BCUT2D eigenvalue weighted by molar-refractivity contribution is -0.101. The van der Waals surface area contributed by atoms with Gasteiger partial charge in [-0.1, -0.05) is 19.1 Å². The molecule has 1 atom stereocenters. The van der Waals surface area contributed by atoms with Crippen LogP contribution in [0.15, 0.2) is 0 Å². The number of hydrogen-bond acceptors (Lipinski definition) is 4. The Bertz CT molecular complexity index is 439. The summed E-state index contributed by atoms with van der Waals surface area (Å²) < 4.78 is 8.26. The zero-order valence-corrected chi connectivity index (χ0v) is 12.0.